The van der Waals surface area contributed by atoms with Crippen LogP contribution in [0.3, 0.4) is 0 Å². The van der Waals surface area contributed by atoms with Crippen LogP contribution in [-0.4, -0.2) is 23.8 Å². The van der Waals surface area contributed by atoms with Crippen molar-refractivity contribution in [2.75, 3.05) is 11.9 Å². The Morgan fingerprint density at radius 2 is 1.82 bits per heavy atom. The lowest BCUT2D eigenvalue weighted by atomic mass is 9.78. The largest absolute Gasteiger partial charge is 0.396 e. The minimum absolute atomic E-state index is 0.0248. The molecule has 0 heterocycles. The molecule has 0 spiro atoms. The van der Waals surface area contributed by atoms with E-state index < -0.39 is 23.9 Å². The quantitative estimate of drug-likeness (QED) is 0.893. The first kappa shape index (κ1) is 16.8. The van der Waals surface area contributed by atoms with Gasteiger partial charge in [0.2, 0.25) is 5.91 Å². The monoisotopic (exact) mass is 315 g/mol. The van der Waals surface area contributed by atoms with Gasteiger partial charge in [-0.2, -0.15) is 13.2 Å². The number of rotatable bonds is 4. The number of anilines is 1. The van der Waals surface area contributed by atoms with Gasteiger partial charge in [-0.25, -0.2) is 0 Å². The molecule has 1 aromatic carbocycles. The summed E-state index contributed by atoms with van der Waals surface area (Å²) in [5.74, 6) is -3.11. The van der Waals surface area contributed by atoms with Crippen molar-refractivity contribution in [3.05, 3.63) is 29.8 Å². The number of alkyl halides is 3. The lowest BCUT2D eigenvalue weighted by Crippen LogP contribution is -2.39. The maximum Gasteiger partial charge on any atom is 0.392 e. The highest BCUT2D eigenvalue weighted by Gasteiger charge is 2.47. The fourth-order valence-corrected chi connectivity index (χ4v) is 2.96. The van der Waals surface area contributed by atoms with Gasteiger partial charge in [0.15, 0.2) is 0 Å². The molecule has 1 amide bonds. The zero-order valence-electron chi connectivity index (χ0n) is 12.2. The third kappa shape index (κ3) is 4.22. The molecule has 22 heavy (non-hydrogen) atoms. The van der Waals surface area contributed by atoms with Crippen LogP contribution in [0.1, 0.15) is 31.2 Å². The molecule has 0 aromatic heterocycles. The summed E-state index contributed by atoms with van der Waals surface area (Å²) >= 11 is 0. The summed E-state index contributed by atoms with van der Waals surface area (Å²) < 4.78 is 39.1. The van der Waals surface area contributed by atoms with Gasteiger partial charge in [0.1, 0.15) is 0 Å². The van der Waals surface area contributed by atoms with Gasteiger partial charge in [-0.1, -0.05) is 25.0 Å². The van der Waals surface area contributed by atoms with Crippen molar-refractivity contribution in [1.82, 2.24) is 0 Å². The maximum atomic E-state index is 13.0. The van der Waals surface area contributed by atoms with Crippen LogP contribution < -0.4 is 5.32 Å². The second-order valence-electron chi connectivity index (χ2n) is 5.70. The van der Waals surface area contributed by atoms with Crippen molar-refractivity contribution >= 4 is 11.6 Å². The van der Waals surface area contributed by atoms with E-state index in [1.807, 2.05) is 0 Å². The zero-order chi connectivity index (χ0) is 16.2. The number of aliphatic hydroxyl groups is 1. The van der Waals surface area contributed by atoms with Crippen molar-refractivity contribution < 1.29 is 23.1 Å². The van der Waals surface area contributed by atoms with E-state index in [9.17, 15) is 18.0 Å². The Bertz CT molecular complexity index is 499. The molecule has 2 N–H and O–H groups in total. The highest BCUT2D eigenvalue weighted by Crippen LogP contribution is 2.41. The van der Waals surface area contributed by atoms with Gasteiger partial charge < -0.3 is 10.4 Å². The fourth-order valence-electron chi connectivity index (χ4n) is 2.96. The molecule has 0 bridgehead atoms. The van der Waals surface area contributed by atoms with Crippen molar-refractivity contribution in [3.8, 4) is 0 Å². The summed E-state index contributed by atoms with van der Waals surface area (Å²) in [6.45, 7) is 0.0288. The molecule has 1 aliphatic rings. The lowest BCUT2D eigenvalue weighted by Gasteiger charge is -2.32. The first-order chi connectivity index (χ1) is 10.4. The summed E-state index contributed by atoms with van der Waals surface area (Å²) in [5.41, 5.74) is 1.39. The van der Waals surface area contributed by atoms with Gasteiger partial charge in [-0.3, -0.25) is 4.79 Å². The summed E-state index contributed by atoms with van der Waals surface area (Å²) in [7, 11) is 0. The molecular weight excluding hydrogens is 295 g/mol. The van der Waals surface area contributed by atoms with Crippen molar-refractivity contribution in [1.29, 1.82) is 0 Å². The maximum absolute atomic E-state index is 13.0. The highest BCUT2D eigenvalue weighted by atomic mass is 19.4. The number of hydrogen-bond donors (Lipinski definition) is 2. The Labute approximate surface area is 127 Å². The molecule has 0 saturated heterocycles. The molecule has 1 aromatic rings. The number of hydrogen-bond acceptors (Lipinski definition) is 2. The Balaban J connectivity index is 2.03. The number of nitrogens with one attached hydrogen (secondary N) is 1. The molecular formula is C16H20F3NO2. The smallest absolute Gasteiger partial charge is 0.392 e. The Morgan fingerprint density at radius 3 is 2.41 bits per heavy atom. The SMILES string of the molecule is O=C(Nc1ccc(CCO)cc1)[C@H]1CCCC[C@H]1C(F)(F)F. The van der Waals surface area contributed by atoms with Crippen LogP contribution in [0.5, 0.6) is 0 Å². The summed E-state index contributed by atoms with van der Waals surface area (Å²) in [4.78, 5) is 12.2. The van der Waals surface area contributed by atoms with Gasteiger partial charge >= 0.3 is 6.18 Å². The standard InChI is InChI=1S/C16H20F3NO2/c17-16(18,19)14-4-2-1-3-13(14)15(22)20-12-7-5-11(6-8-12)9-10-21/h5-8,13-14,21H,1-4,9-10H2,(H,20,22)/t13-,14+/m0/s1. The minimum Gasteiger partial charge on any atom is -0.396 e. The average Bonchev–Trinajstić information content (AvgIpc) is 2.48. The summed E-state index contributed by atoms with van der Waals surface area (Å²) in [6.07, 6.45) is -2.35. The van der Waals surface area contributed by atoms with E-state index in [4.69, 9.17) is 5.11 Å². The van der Waals surface area contributed by atoms with Crippen LogP contribution in [0.25, 0.3) is 0 Å². The van der Waals surface area contributed by atoms with Crippen LogP contribution in [0, 0.1) is 11.8 Å². The Kier molecular flexibility index (Phi) is 5.45. The van der Waals surface area contributed by atoms with Crippen molar-refractivity contribution in [2.45, 2.75) is 38.3 Å². The number of halogens is 3. The van der Waals surface area contributed by atoms with Crippen LogP contribution in [0.2, 0.25) is 0 Å². The Morgan fingerprint density at radius 1 is 1.18 bits per heavy atom. The van der Waals surface area contributed by atoms with Crippen LogP contribution in [0.15, 0.2) is 24.3 Å². The molecule has 6 heteroatoms. The number of carbonyl (C=O) groups excluding carboxylic acids is 1. The van der Waals surface area contributed by atoms with E-state index in [1.165, 1.54) is 0 Å². The van der Waals surface area contributed by atoms with E-state index >= 15 is 0 Å². The fraction of sp³-hybridized carbons (Fsp3) is 0.562. The molecule has 1 fully saturated rings. The lowest BCUT2D eigenvalue weighted by molar-refractivity contribution is -0.197. The number of carbonyl (C=O) groups is 1. The van der Waals surface area contributed by atoms with Crippen molar-refractivity contribution in [2.24, 2.45) is 11.8 Å². The molecule has 1 saturated carbocycles. The first-order valence-electron chi connectivity index (χ1n) is 7.49. The predicted octanol–water partition coefficient (Wildman–Crippen LogP) is 3.53. The second kappa shape index (κ2) is 7.13. The van der Waals surface area contributed by atoms with Gasteiger partial charge in [-0.05, 0) is 37.0 Å². The molecule has 1 aliphatic carbocycles. The molecule has 0 aliphatic heterocycles. The van der Waals surface area contributed by atoms with E-state index in [0.717, 1.165) is 5.56 Å². The van der Waals surface area contributed by atoms with Gasteiger partial charge in [-0.15, -0.1) is 0 Å². The molecule has 0 unspecified atom stereocenters. The van der Waals surface area contributed by atoms with E-state index in [2.05, 4.69) is 5.32 Å². The van der Waals surface area contributed by atoms with Crippen LogP contribution in [0.4, 0.5) is 18.9 Å². The highest BCUT2D eigenvalue weighted by molar-refractivity contribution is 5.92. The molecule has 3 nitrogen and oxygen atoms in total. The number of amides is 1. The van der Waals surface area contributed by atoms with Crippen LogP contribution >= 0.6 is 0 Å². The zero-order valence-corrected chi connectivity index (χ0v) is 12.2. The predicted molar refractivity (Wildman–Crippen MR) is 77.4 cm³/mol. The number of aliphatic hydroxyl groups excluding tert-OH is 1. The molecule has 2 rings (SSSR count). The third-order valence-electron chi connectivity index (χ3n) is 4.15. The topological polar surface area (TPSA) is 49.3 Å². The first-order valence-corrected chi connectivity index (χ1v) is 7.49. The van der Waals surface area contributed by atoms with E-state index in [1.54, 1.807) is 24.3 Å². The van der Waals surface area contributed by atoms with E-state index in [0.29, 0.717) is 24.9 Å². The normalized spacial score (nSPS) is 22.4. The van der Waals surface area contributed by atoms with E-state index in [-0.39, 0.29) is 19.4 Å². The van der Waals surface area contributed by atoms with Crippen LogP contribution in [-0.2, 0) is 11.2 Å². The summed E-state index contributed by atoms with van der Waals surface area (Å²) in [6, 6.07) is 6.78. The average molecular weight is 315 g/mol. The van der Waals surface area contributed by atoms with Gasteiger partial charge in [0, 0.05) is 18.2 Å². The molecule has 122 valence electrons. The van der Waals surface area contributed by atoms with Crippen molar-refractivity contribution in [3.63, 3.8) is 0 Å². The summed E-state index contributed by atoms with van der Waals surface area (Å²) in [5, 5.41) is 11.4. The van der Waals surface area contributed by atoms with Gasteiger partial charge in [0.05, 0.1) is 5.92 Å². The second-order valence-corrected chi connectivity index (χ2v) is 5.70. The Hall–Kier alpha value is -1.56. The number of benzene rings is 1. The van der Waals surface area contributed by atoms with Gasteiger partial charge in [0.25, 0.3) is 0 Å². The minimum atomic E-state index is -4.33. The molecule has 0 radical (unpaired) electrons. The third-order valence-corrected chi connectivity index (χ3v) is 4.15. The molecule has 2 atom stereocenters.